The van der Waals surface area contributed by atoms with E-state index in [0.717, 1.165) is 0 Å². The molecule has 0 radical (unpaired) electrons. The zero-order valence-corrected chi connectivity index (χ0v) is 12.0. The molecule has 2 amide bonds. The fourth-order valence-electron chi connectivity index (χ4n) is 1.30. The van der Waals surface area contributed by atoms with Crippen molar-refractivity contribution in [3.63, 3.8) is 0 Å². The molecular weight excluding hydrogens is 302 g/mol. The van der Waals surface area contributed by atoms with Crippen LogP contribution in [-0.2, 0) is 17.1 Å². The number of primary sulfonamides is 1. The van der Waals surface area contributed by atoms with E-state index in [2.05, 4.69) is 15.4 Å². The van der Waals surface area contributed by atoms with E-state index in [4.69, 9.17) is 5.14 Å². The van der Waals surface area contributed by atoms with E-state index in [1.54, 1.807) is 24.3 Å². The normalized spacial score (nSPS) is 12.4. The predicted molar refractivity (Wildman–Crippen MR) is 73.5 cm³/mol. The Labute approximate surface area is 118 Å². The molecule has 2 rings (SSSR count). The first-order valence-electron chi connectivity index (χ1n) is 5.34. The van der Waals surface area contributed by atoms with Gasteiger partial charge in [0, 0.05) is 12.7 Å². The molecule has 0 atom stereocenters. The van der Waals surface area contributed by atoms with Gasteiger partial charge in [0.15, 0.2) is 0 Å². The maximum absolute atomic E-state index is 11.7. The third kappa shape index (κ3) is 3.50. The zero-order valence-electron chi connectivity index (χ0n) is 10.3. The summed E-state index contributed by atoms with van der Waals surface area (Å²) in [6, 6.07) is 8.12. The number of aryl methyl sites for hydroxylation is 1. The van der Waals surface area contributed by atoms with Crippen molar-refractivity contribution in [1.29, 1.82) is 0 Å². The van der Waals surface area contributed by atoms with E-state index in [9.17, 15) is 13.2 Å². The molecule has 106 valence electrons. The largest absolute Gasteiger partial charge is 0.348 e. The lowest BCUT2D eigenvalue weighted by atomic mass is 10.3. The molecule has 2 aromatic rings. The quantitative estimate of drug-likeness (QED) is 0.826. The van der Waals surface area contributed by atoms with Crippen molar-refractivity contribution in [3.8, 4) is 0 Å². The molecule has 0 spiro atoms. The van der Waals surface area contributed by atoms with Crippen LogP contribution in [0, 0.1) is 0 Å². The van der Waals surface area contributed by atoms with Gasteiger partial charge in [0.25, 0.3) is 10.0 Å². The maximum atomic E-state index is 11.7. The van der Waals surface area contributed by atoms with Crippen LogP contribution in [0.15, 0.2) is 39.7 Å². The number of rotatable bonds is 2. The summed E-state index contributed by atoms with van der Waals surface area (Å²) in [7, 11) is -2.43. The number of carbonyl (C=O) groups excluding carboxylic acids is 1. The zero-order chi connectivity index (χ0) is 14.8. The van der Waals surface area contributed by atoms with Crippen molar-refractivity contribution in [1.82, 2.24) is 9.78 Å². The molecule has 0 saturated heterocycles. The monoisotopic (exact) mass is 313 g/mol. The van der Waals surface area contributed by atoms with Crippen LogP contribution in [0.2, 0.25) is 0 Å². The Morgan fingerprint density at radius 2 is 2.05 bits per heavy atom. The molecule has 0 saturated carbocycles. The number of urea groups is 1. The highest BCUT2D eigenvalue weighted by atomic mass is 32.2. The van der Waals surface area contributed by atoms with Gasteiger partial charge in [-0.2, -0.15) is 4.99 Å². The summed E-state index contributed by atoms with van der Waals surface area (Å²) in [5, 5.41) is 11.2. The van der Waals surface area contributed by atoms with E-state index in [1.165, 1.54) is 11.7 Å². The lowest BCUT2D eigenvalue weighted by Crippen LogP contribution is -2.17. The summed E-state index contributed by atoms with van der Waals surface area (Å²) in [5.41, 5.74) is 0.583. The third-order valence-corrected chi connectivity index (χ3v) is 4.46. The van der Waals surface area contributed by atoms with Crippen molar-refractivity contribution in [2.45, 2.75) is 4.34 Å². The molecule has 3 N–H and O–H groups in total. The molecular formula is C10H11N5O3S2. The first-order chi connectivity index (χ1) is 9.36. The number of benzene rings is 1. The smallest absolute Gasteiger partial charge is 0.306 e. The molecule has 0 aliphatic carbocycles. The van der Waals surface area contributed by atoms with Crippen molar-refractivity contribution >= 4 is 33.1 Å². The van der Waals surface area contributed by atoms with E-state index in [1.807, 2.05) is 6.07 Å². The molecule has 0 aliphatic heterocycles. The van der Waals surface area contributed by atoms with Gasteiger partial charge in [0.05, 0.1) is 0 Å². The minimum absolute atomic E-state index is 0.127. The first-order valence-corrected chi connectivity index (χ1v) is 7.70. The molecule has 0 bridgehead atoms. The van der Waals surface area contributed by atoms with Crippen LogP contribution < -0.4 is 15.3 Å². The maximum Gasteiger partial charge on any atom is 0.348 e. The van der Waals surface area contributed by atoms with Crippen LogP contribution in [-0.4, -0.2) is 24.2 Å². The van der Waals surface area contributed by atoms with Crippen LogP contribution in [0.4, 0.5) is 10.5 Å². The Morgan fingerprint density at radius 3 is 2.60 bits per heavy atom. The average molecular weight is 313 g/mol. The van der Waals surface area contributed by atoms with Crippen molar-refractivity contribution in [3.05, 3.63) is 35.1 Å². The number of sulfonamides is 1. The number of aromatic nitrogens is 2. The number of hydrogen-bond acceptors (Lipinski definition) is 5. The van der Waals surface area contributed by atoms with Crippen LogP contribution in [0.3, 0.4) is 0 Å². The summed E-state index contributed by atoms with van der Waals surface area (Å²) in [5.74, 6) is 0. The minimum atomic E-state index is -3.90. The van der Waals surface area contributed by atoms with Gasteiger partial charge < -0.3 is 5.32 Å². The number of nitrogens with one attached hydrogen (secondary N) is 1. The van der Waals surface area contributed by atoms with Gasteiger partial charge in [-0.05, 0) is 12.1 Å². The number of nitrogens with two attached hydrogens (primary N) is 1. The Bertz CT molecular complexity index is 792. The summed E-state index contributed by atoms with van der Waals surface area (Å²) < 4.78 is 23.2. The van der Waals surface area contributed by atoms with E-state index in [0.29, 0.717) is 17.0 Å². The number of hydrogen-bond donors (Lipinski definition) is 2. The molecule has 1 aromatic heterocycles. The van der Waals surface area contributed by atoms with E-state index < -0.39 is 16.1 Å². The van der Waals surface area contributed by atoms with Crippen LogP contribution in [0.25, 0.3) is 0 Å². The van der Waals surface area contributed by atoms with Crippen LogP contribution >= 0.6 is 11.3 Å². The minimum Gasteiger partial charge on any atom is -0.306 e. The van der Waals surface area contributed by atoms with Crippen molar-refractivity contribution < 1.29 is 13.2 Å². The van der Waals surface area contributed by atoms with Crippen LogP contribution in [0.1, 0.15) is 0 Å². The third-order valence-electron chi connectivity index (χ3n) is 2.15. The standard InChI is InChI=1S/C10H11N5O3S2/c1-15-9(19-10(14-15)20(11,17)18)13-8(16)12-7-5-3-2-4-6-7/h2-6H,1H3,(H,12,16)(H2,11,17,18). The highest BCUT2D eigenvalue weighted by molar-refractivity contribution is 7.91. The first kappa shape index (κ1) is 14.4. The van der Waals surface area contributed by atoms with Gasteiger partial charge in [0.2, 0.25) is 9.14 Å². The lowest BCUT2D eigenvalue weighted by Gasteiger charge is -1.99. The summed E-state index contributed by atoms with van der Waals surface area (Å²) in [6.07, 6.45) is 0. The highest BCUT2D eigenvalue weighted by Gasteiger charge is 2.14. The molecule has 20 heavy (non-hydrogen) atoms. The van der Waals surface area contributed by atoms with Crippen molar-refractivity contribution in [2.75, 3.05) is 5.32 Å². The SMILES string of the molecule is Cn1nc(S(N)(=O)=O)sc1=NC(=O)Nc1ccccc1. The van der Waals surface area contributed by atoms with Gasteiger partial charge in [-0.15, -0.1) is 5.10 Å². The highest BCUT2D eigenvalue weighted by Crippen LogP contribution is 2.06. The Balaban J connectivity index is 2.27. The Hall–Kier alpha value is -2.04. The van der Waals surface area contributed by atoms with Gasteiger partial charge in [0.1, 0.15) is 0 Å². The molecule has 1 aromatic carbocycles. The molecule has 0 fully saturated rings. The number of amides is 2. The fourth-order valence-corrected chi connectivity index (χ4v) is 2.85. The molecule has 10 heteroatoms. The number of nitrogens with zero attached hydrogens (tertiary/aromatic N) is 3. The summed E-state index contributed by atoms with van der Waals surface area (Å²) >= 11 is 0.717. The number of para-hydroxylation sites is 1. The van der Waals surface area contributed by atoms with Gasteiger partial charge >= 0.3 is 6.03 Å². The summed E-state index contributed by atoms with van der Waals surface area (Å²) in [4.78, 5) is 15.6. The number of anilines is 1. The van der Waals surface area contributed by atoms with Crippen LogP contribution in [0.5, 0.6) is 0 Å². The van der Waals surface area contributed by atoms with Crippen molar-refractivity contribution in [2.24, 2.45) is 17.2 Å². The molecule has 1 heterocycles. The second-order valence-corrected chi connectivity index (χ2v) is 6.42. The Morgan fingerprint density at radius 1 is 1.40 bits per heavy atom. The second-order valence-electron chi connectivity index (χ2n) is 3.73. The second kappa shape index (κ2) is 5.53. The topological polar surface area (TPSA) is 119 Å². The van der Waals surface area contributed by atoms with E-state index >= 15 is 0 Å². The van der Waals surface area contributed by atoms with Gasteiger partial charge in [-0.3, -0.25) is 0 Å². The predicted octanol–water partition coefficient (Wildman–Crippen LogP) is 0.262. The average Bonchev–Trinajstić information content (AvgIpc) is 2.72. The van der Waals surface area contributed by atoms with Gasteiger partial charge in [-0.1, -0.05) is 29.5 Å². The molecule has 0 aliphatic rings. The number of carbonyl (C=O) groups is 1. The Kier molecular flexibility index (Phi) is 3.97. The van der Waals surface area contributed by atoms with Gasteiger partial charge in [-0.25, -0.2) is 23.0 Å². The lowest BCUT2D eigenvalue weighted by molar-refractivity contribution is 0.259. The molecule has 8 nitrogen and oxygen atoms in total. The summed E-state index contributed by atoms with van der Waals surface area (Å²) in [6.45, 7) is 0. The van der Waals surface area contributed by atoms with E-state index in [-0.39, 0.29) is 9.14 Å². The molecule has 0 unspecified atom stereocenters. The fraction of sp³-hybridized carbons (Fsp3) is 0.100.